The molecule has 0 fully saturated rings. The highest BCUT2D eigenvalue weighted by Crippen LogP contribution is 2.33. The lowest BCUT2D eigenvalue weighted by molar-refractivity contribution is 0.987. The van der Waals surface area contributed by atoms with Crippen molar-refractivity contribution in [1.82, 2.24) is 0 Å². The van der Waals surface area contributed by atoms with E-state index in [1.54, 1.807) is 0 Å². The number of hydrogen-bond donors (Lipinski definition) is 4. The SMILES string of the molecule is C1=Nc2ccccc2CN1c1ccccc1.Nc1ccc(Cc2ccc(N3C=Nc4ccc(Cc5ccc(N)cc5)cc4C3)cc2)cc1.Nc1ccc(Cc2ccc(N3C=Nc4ccccc4C3)cc2)cc1.Nc1ccc(Cc2ccc3c(c2)CN(c2ccccc2)C=N3)cc1. The van der Waals surface area contributed by atoms with Gasteiger partial charge in [0, 0.05) is 45.5 Å². The molecule has 12 heteroatoms. The number of nitrogens with two attached hydrogens (primary N) is 4. The van der Waals surface area contributed by atoms with Crippen LogP contribution >= 0.6 is 0 Å². The smallest absolute Gasteiger partial charge is 0.0960 e. The van der Waals surface area contributed by atoms with E-state index in [-0.39, 0.29) is 0 Å². The van der Waals surface area contributed by atoms with Gasteiger partial charge in [0.15, 0.2) is 0 Å². The molecule has 4 aliphatic rings. The minimum absolute atomic E-state index is 0.795. The summed E-state index contributed by atoms with van der Waals surface area (Å²) in [5.41, 5.74) is 50.4. The Morgan fingerprint density at radius 1 is 0.219 bits per heavy atom. The molecule has 12 nitrogen and oxygen atoms in total. The highest BCUT2D eigenvalue weighted by atomic mass is 15.2. The number of fused-ring (bicyclic) bond motifs is 4. The van der Waals surface area contributed by atoms with Gasteiger partial charge in [-0.05, 0) is 214 Å². The van der Waals surface area contributed by atoms with Gasteiger partial charge in [-0.2, -0.15) is 0 Å². The molecule has 472 valence electrons. The number of para-hydroxylation sites is 4. The molecule has 0 unspecified atom stereocenters. The quantitative estimate of drug-likeness (QED) is 0.0877. The maximum Gasteiger partial charge on any atom is 0.0960 e. The fourth-order valence-electron chi connectivity index (χ4n) is 11.9. The number of rotatable bonds is 12. The molecule has 12 aromatic rings. The Labute approximate surface area is 562 Å². The molecule has 0 aromatic heterocycles. The molecule has 0 atom stereocenters. The Bertz CT molecular complexity index is 4670. The minimum atomic E-state index is 0.795. The van der Waals surface area contributed by atoms with Crippen molar-refractivity contribution in [3.8, 4) is 0 Å². The minimum Gasteiger partial charge on any atom is -0.399 e. The van der Waals surface area contributed by atoms with Crippen molar-refractivity contribution < 1.29 is 0 Å². The topological polar surface area (TPSA) is 166 Å². The van der Waals surface area contributed by atoms with E-state index < -0.39 is 0 Å². The molecule has 0 saturated heterocycles. The van der Waals surface area contributed by atoms with Crippen LogP contribution in [-0.4, -0.2) is 25.4 Å². The molecule has 0 saturated carbocycles. The van der Waals surface area contributed by atoms with Crippen molar-refractivity contribution in [2.75, 3.05) is 42.5 Å². The summed E-state index contributed by atoms with van der Waals surface area (Å²) >= 11 is 0. The van der Waals surface area contributed by atoms with Crippen LogP contribution in [0, 0.1) is 0 Å². The van der Waals surface area contributed by atoms with Gasteiger partial charge in [-0.25, -0.2) is 20.0 Å². The lowest BCUT2D eigenvalue weighted by atomic mass is 10.0. The second-order valence-corrected chi connectivity index (χ2v) is 24.4. The Hall–Kier alpha value is -12.3. The van der Waals surface area contributed by atoms with Crippen LogP contribution in [0.2, 0.25) is 0 Å². The maximum atomic E-state index is 5.81. The number of nitrogen functional groups attached to an aromatic ring is 4. The van der Waals surface area contributed by atoms with Crippen LogP contribution < -0.4 is 42.5 Å². The molecule has 12 aromatic carbocycles. The largest absolute Gasteiger partial charge is 0.399 e. The van der Waals surface area contributed by atoms with E-state index >= 15 is 0 Å². The van der Waals surface area contributed by atoms with Gasteiger partial charge in [-0.1, -0.05) is 170 Å². The fourth-order valence-corrected chi connectivity index (χ4v) is 11.9. The molecule has 4 heterocycles. The van der Waals surface area contributed by atoms with Gasteiger partial charge >= 0.3 is 0 Å². The number of aliphatic imine (C=N–C) groups is 4. The predicted molar refractivity (Wildman–Crippen MR) is 404 cm³/mol. The molecule has 4 aliphatic heterocycles. The first-order valence-electron chi connectivity index (χ1n) is 32.4. The summed E-state index contributed by atoms with van der Waals surface area (Å²) in [5, 5.41) is 0. The van der Waals surface area contributed by atoms with Crippen molar-refractivity contribution in [2.24, 2.45) is 20.0 Å². The molecule has 0 amide bonds. The summed E-state index contributed by atoms with van der Waals surface area (Å²) in [6.45, 7) is 3.41. The van der Waals surface area contributed by atoms with E-state index in [0.29, 0.717) is 0 Å². The standard InChI is InChI=1S/C28H26N4.2C21H19N3.C14H12N2/c29-25-8-1-20(2-9-25)15-22-5-12-27(13-6-22)32-18-24-17-23(7-14-28(24)31-19-32)16-21-3-10-26(30)11-4-21;22-19-9-5-16(6-10-19)13-17-7-11-20(12-8-17)24-14-18-3-1-2-4-21(18)23-15-24;22-19-9-6-16(7-10-19)12-17-8-11-21-18(13-17)14-24(15-23-21)20-4-2-1-3-5-20;1-2-7-13(8-3-1)16-10-12-6-4-5-9-14(12)15-11-16/h1-14,17,19H,15-16,18,29-30H2;1-12,15H,13-14,22H2;1-11,13,15H,12,14,22H2;1-9,11H,10H2. The number of anilines is 8. The van der Waals surface area contributed by atoms with Crippen LogP contribution in [-0.2, 0) is 51.9 Å². The molecule has 0 radical (unpaired) electrons. The van der Waals surface area contributed by atoms with Crippen LogP contribution in [0.4, 0.5) is 68.2 Å². The third kappa shape index (κ3) is 16.5. The van der Waals surface area contributed by atoms with Crippen LogP contribution in [0.25, 0.3) is 0 Å². The Morgan fingerprint density at radius 2 is 0.448 bits per heavy atom. The first kappa shape index (κ1) is 62.5. The lowest BCUT2D eigenvalue weighted by Crippen LogP contribution is -2.23. The van der Waals surface area contributed by atoms with Crippen LogP contribution in [0.1, 0.15) is 66.8 Å². The molecule has 96 heavy (non-hydrogen) atoms. The fraction of sp³-hybridized carbons (Fsp3) is 0.0952. The van der Waals surface area contributed by atoms with Crippen molar-refractivity contribution in [1.29, 1.82) is 0 Å². The Kier molecular flexibility index (Phi) is 19.5. The van der Waals surface area contributed by atoms with Crippen molar-refractivity contribution >= 4 is 93.6 Å². The zero-order valence-electron chi connectivity index (χ0n) is 53.6. The van der Waals surface area contributed by atoms with E-state index in [1.807, 2.05) is 116 Å². The van der Waals surface area contributed by atoms with Crippen molar-refractivity contribution in [3.63, 3.8) is 0 Å². The zero-order chi connectivity index (χ0) is 65.4. The summed E-state index contributed by atoms with van der Waals surface area (Å²) in [7, 11) is 0. The van der Waals surface area contributed by atoms with E-state index in [4.69, 9.17) is 22.9 Å². The van der Waals surface area contributed by atoms with Crippen molar-refractivity contribution in [3.05, 3.63) is 358 Å². The highest BCUT2D eigenvalue weighted by molar-refractivity contribution is 5.87. The molecule has 16 rings (SSSR count). The molecular weight excluding hydrogens is 1180 g/mol. The van der Waals surface area contributed by atoms with Gasteiger partial charge in [-0.3, -0.25) is 0 Å². The van der Waals surface area contributed by atoms with Gasteiger partial charge < -0.3 is 42.5 Å². The first-order chi connectivity index (χ1) is 47.1. The van der Waals surface area contributed by atoms with Crippen LogP contribution in [0.15, 0.2) is 311 Å². The van der Waals surface area contributed by atoms with Gasteiger partial charge in [-0.15, -0.1) is 0 Å². The van der Waals surface area contributed by atoms with Gasteiger partial charge in [0.1, 0.15) is 0 Å². The Balaban J connectivity index is 0.000000119. The van der Waals surface area contributed by atoms with E-state index in [1.165, 1.54) is 72.4 Å². The predicted octanol–water partition coefficient (Wildman–Crippen LogP) is 18.2. The summed E-state index contributed by atoms with van der Waals surface area (Å²) in [6, 6.07) is 100.0. The second kappa shape index (κ2) is 30.0. The summed E-state index contributed by atoms with van der Waals surface area (Å²) in [6.07, 6.45) is 11.3. The summed E-state index contributed by atoms with van der Waals surface area (Å²) in [5.74, 6) is 0. The molecule has 0 spiro atoms. The summed E-state index contributed by atoms with van der Waals surface area (Å²) in [4.78, 5) is 27.0. The first-order valence-corrected chi connectivity index (χ1v) is 32.4. The number of nitrogens with zero attached hydrogens (tertiary/aromatic N) is 8. The van der Waals surface area contributed by atoms with E-state index in [9.17, 15) is 0 Å². The van der Waals surface area contributed by atoms with E-state index in [2.05, 4.69) is 240 Å². The average molecular weight is 1250 g/mol. The third-order valence-electron chi connectivity index (χ3n) is 17.2. The van der Waals surface area contributed by atoms with Crippen LogP contribution in [0.3, 0.4) is 0 Å². The molecule has 0 bridgehead atoms. The number of hydrogen-bond acceptors (Lipinski definition) is 12. The second-order valence-electron chi connectivity index (χ2n) is 24.4. The number of benzene rings is 12. The molecular formula is C84H76N12. The highest BCUT2D eigenvalue weighted by Gasteiger charge is 2.18. The van der Waals surface area contributed by atoms with Crippen LogP contribution in [0.5, 0.6) is 0 Å². The lowest BCUT2D eigenvalue weighted by Gasteiger charge is -2.25. The van der Waals surface area contributed by atoms with Gasteiger partial charge in [0.25, 0.3) is 0 Å². The summed E-state index contributed by atoms with van der Waals surface area (Å²) < 4.78 is 0. The van der Waals surface area contributed by atoms with Gasteiger partial charge in [0.05, 0.1) is 74.3 Å². The molecule has 8 N–H and O–H groups in total. The Morgan fingerprint density at radius 3 is 0.760 bits per heavy atom. The zero-order valence-corrected chi connectivity index (χ0v) is 53.6. The average Bonchev–Trinajstić information content (AvgIpc) is 0.995. The van der Waals surface area contributed by atoms with Gasteiger partial charge in [0.2, 0.25) is 0 Å². The third-order valence-corrected chi connectivity index (χ3v) is 17.2. The van der Waals surface area contributed by atoms with Crippen molar-refractivity contribution in [2.45, 2.75) is 51.9 Å². The monoisotopic (exact) mass is 1250 g/mol. The normalized spacial score (nSPS) is 12.9. The molecule has 0 aliphatic carbocycles. The maximum absolute atomic E-state index is 5.81. The van der Waals surface area contributed by atoms with E-state index in [0.717, 1.165) is 114 Å².